The van der Waals surface area contributed by atoms with Gasteiger partial charge >= 0.3 is 5.97 Å². The summed E-state index contributed by atoms with van der Waals surface area (Å²) in [5.74, 6) is 2.26. The number of carbonyl (C=O) groups is 1. The summed E-state index contributed by atoms with van der Waals surface area (Å²) in [5.41, 5.74) is 2.50. The van der Waals surface area contributed by atoms with Gasteiger partial charge in [-0.3, -0.25) is 0 Å². The fraction of sp³-hybridized carbons (Fsp3) is 0.167. The largest absolute Gasteiger partial charge is 0.497 e. The Morgan fingerprint density at radius 3 is 2.56 bits per heavy atom. The summed E-state index contributed by atoms with van der Waals surface area (Å²) >= 11 is 1.36. The van der Waals surface area contributed by atoms with Crippen molar-refractivity contribution in [3.8, 4) is 38.9 Å². The number of benzene rings is 2. The van der Waals surface area contributed by atoms with Crippen molar-refractivity contribution in [1.29, 1.82) is 0 Å². The van der Waals surface area contributed by atoms with Crippen LogP contribution in [0.1, 0.15) is 15.4 Å². The first-order valence-electron chi connectivity index (χ1n) is 9.96. The molecule has 0 fully saturated rings. The molecule has 1 aliphatic rings. The number of esters is 1. The predicted molar refractivity (Wildman–Crippen MR) is 118 cm³/mol. The highest BCUT2D eigenvalue weighted by Crippen LogP contribution is 2.37. The molecule has 0 radical (unpaired) electrons. The Kier molecular flexibility index (Phi) is 5.51. The molecule has 3 heterocycles. The summed E-state index contributed by atoms with van der Waals surface area (Å²) in [7, 11) is 1.62. The van der Waals surface area contributed by atoms with Crippen LogP contribution in [0.5, 0.6) is 17.2 Å². The fourth-order valence-corrected chi connectivity index (χ4v) is 4.18. The summed E-state index contributed by atoms with van der Waals surface area (Å²) in [6.45, 7) is 1.08. The number of thiophene rings is 1. The number of aromatic nitrogens is 1. The summed E-state index contributed by atoms with van der Waals surface area (Å²) in [4.78, 5) is 14.0. The Hall–Kier alpha value is -3.78. The maximum absolute atomic E-state index is 12.5. The van der Waals surface area contributed by atoms with Gasteiger partial charge in [0.1, 0.15) is 29.5 Å². The standard InChI is InChI=1S/C24H19NO6S/c1-27-17-5-2-15(3-6-17)19-13-18(31-25-19)14-30-24(26)23-9-8-22(32-23)16-4-7-20-21(12-16)29-11-10-28-20/h2-9,12-13H,10-11,14H2,1H3. The number of hydrogen-bond donors (Lipinski definition) is 0. The summed E-state index contributed by atoms with van der Waals surface area (Å²) < 4.78 is 27.1. The van der Waals surface area contributed by atoms with E-state index in [0.29, 0.717) is 35.3 Å². The number of rotatable bonds is 6. The quantitative estimate of drug-likeness (QED) is 0.374. The van der Waals surface area contributed by atoms with E-state index >= 15 is 0 Å². The Labute approximate surface area is 188 Å². The van der Waals surface area contributed by atoms with Crippen LogP contribution in [-0.4, -0.2) is 31.4 Å². The van der Waals surface area contributed by atoms with Gasteiger partial charge in [-0.15, -0.1) is 11.3 Å². The second-order valence-electron chi connectivity index (χ2n) is 7.01. The van der Waals surface area contributed by atoms with Crippen molar-refractivity contribution >= 4 is 17.3 Å². The number of carbonyl (C=O) groups excluding carboxylic acids is 1. The molecule has 32 heavy (non-hydrogen) atoms. The van der Waals surface area contributed by atoms with Crippen molar-refractivity contribution in [2.45, 2.75) is 6.61 Å². The maximum atomic E-state index is 12.5. The lowest BCUT2D eigenvalue weighted by Crippen LogP contribution is -2.15. The molecule has 0 N–H and O–H groups in total. The third-order valence-corrected chi connectivity index (χ3v) is 6.04. The third kappa shape index (κ3) is 4.17. The second-order valence-corrected chi connectivity index (χ2v) is 8.09. The first-order chi connectivity index (χ1) is 15.7. The van der Waals surface area contributed by atoms with Crippen molar-refractivity contribution in [3.05, 3.63) is 71.3 Å². The zero-order valence-electron chi connectivity index (χ0n) is 17.2. The molecule has 0 saturated heterocycles. The van der Waals surface area contributed by atoms with Gasteiger partial charge in [-0.1, -0.05) is 5.16 Å². The highest BCUT2D eigenvalue weighted by atomic mass is 32.1. The van der Waals surface area contributed by atoms with E-state index in [1.165, 1.54) is 11.3 Å². The van der Waals surface area contributed by atoms with Crippen molar-refractivity contribution in [2.75, 3.05) is 20.3 Å². The minimum atomic E-state index is -0.416. The Bertz CT molecular complexity index is 1240. The first-order valence-corrected chi connectivity index (χ1v) is 10.8. The van der Waals surface area contributed by atoms with E-state index in [-0.39, 0.29) is 6.61 Å². The molecule has 0 unspecified atom stereocenters. The zero-order chi connectivity index (χ0) is 21.9. The van der Waals surface area contributed by atoms with E-state index < -0.39 is 5.97 Å². The smallest absolute Gasteiger partial charge is 0.348 e. The van der Waals surface area contributed by atoms with Gasteiger partial charge in [0.05, 0.1) is 7.11 Å². The van der Waals surface area contributed by atoms with Crippen LogP contribution in [0.2, 0.25) is 0 Å². The molecule has 1 aliphatic heterocycles. The predicted octanol–water partition coefficient (Wildman–Crippen LogP) is 5.21. The van der Waals surface area contributed by atoms with Gasteiger partial charge in [-0.25, -0.2) is 4.79 Å². The molecule has 0 amide bonds. The van der Waals surface area contributed by atoms with Gasteiger partial charge in [0, 0.05) is 16.5 Å². The third-order valence-electron chi connectivity index (χ3n) is 4.92. The molecule has 5 rings (SSSR count). The fourth-order valence-electron chi connectivity index (χ4n) is 3.29. The first kappa shape index (κ1) is 20.1. The highest BCUT2D eigenvalue weighted by Gasteiger charge is 2.16. The van der Waals surface area contributed by atoms with Crippen molar-refractivity contribution < 1.29 is 28.3 Å². The summed E-state index contributed by atoms with van der Waals surface area (Å²) in [6.07, 6.45) is 0. The lowest BCUT2D eigenvalue weighted by atomic mass is 10.1. The van der Waals surface area contributed by atoms with Gasteiger partial charge in [-0.2, -0.15) is 0 Å². The van der Waals surface area contributed by atoms with E-state index in [1.807, 2.05) is 48.5 Å². The number of hydrogen-bond acceptors (Lipinski definition) is 8. The van der Waals surface area contributed by atoms with Gasteiger partial charge in [-0.05, 0) is 60.2 Å². The monoisotopic (exact) mass is 449 g/mol. The van der Waals surface area contributed by atoms with Crippen LogP contribution in [0.3, 0.4) is 0 Å². The minimum Gasteiger partial charge on any atom is -0.497 e. The molecule has 2 aromatic heterocycles. The minimum absolute atomic E-state index is 0.000749. The van der Waals surface area contributed by atoms with Crippen molar-refractivity contribution in [1.82, 2.24) is 5.16 Å². The lowest BCUT2D eigenvalue weighted by molar-refractivity contribution is 0.0443. The molecular formula is C24H19NO6S. The molecular weight excluding hydrogens is 430 g/mol. The molecule has 7 nitrogen and oxygen atoms in total. The van der Waals surface area contributed by atoms with Crippen LogP contribution in [0.4, 0.5) is 0 Å². The van der Waals surface area contributed by atoms with E-state index in [4.69, 9.17) is 23.5 Å². The lowest BCUT2D eigenvalue weighted by Gasteiger charge is -2.18. The maximum Gasteiger partial charge on any atom is 0.348 e. The average molecular weight is 449 g/mol. The van der Waals surface area contributed by atoms with Crippen LogP contribution in [-0.2, 0) is 11.3 Å². The van der Waals surface area contributed by atoms with Crippen LogP contribution in [0, 0.1) is 0 Å². The number of ether oxygens (including phenoxy) is 4. The van der Waals surface area contributed by atoms with Crippen LogP contribution in [0.25, 0.3) is 21.7 Å². The topological polar surface area (TPSA) is 80.0 Å². The number of methoxy groups -OCH3 is 1. The van der Waals surface area contributed by atoms with Gasteiger partial charge in [0.2, 0.25) is 0 Å². The van der Waals surface area contributed by atoms with Crippen LogP contribution < -0.4 is 14.2 Å². The molecule has 8 heteroatoms. The van der Waals surface area contributed by atoms with Gasteiger partial charge in [0.15, 0.2) is 23.9 Å². The van der Waals surface area contributed by atoms with Crippen LogP contribution in [0.15, 0.2) is 65.2 Å². The van der Waals surface area contributed by atoms with E-state index in [0.717, 1.165) is 27.5 Å². The normalized spacial score (nSPS) is 12.4. The highest BCUT2D eigenvalue weighted by molar-refractivity contribution is 7.17. The van der Waals surface area contributed by atoms with Gasteiger partial charge < -0.3 is 23.5 Å². The van der Waals surface area contributed by atoms with Crippen molar-refractivity contribution in [2.24, 2.45) is 0 Å². The number of fused-ring (bicyclic) bond motifs is 1. The van der Waals surface area contributed by atoms with E-state index in [2.05, 4.69) is 5.16 Å². The molecule has 0 aliphatic carbocycles. The average Bonchev–Trinajstić information content (AvgIpc) is 3.53. The Morgan fingerprint density at radius 2 is 1.75 bits per heavy atom. The number of nitrogens with zero attached hydrogens (tertiary/aromatic N) is 1. The van der Waals surface area contributed by atoms with Crippen molar-refractivity contribution in [3.63, 3.8) is 0 Å². The molecule has 0 bridgehead atoms. The molecule has 162 valence electrons. The Balaban J connectivity index is 1.23. The zero-order valence-corrected chi connectivity index (χ0v) is 18.0. The molecule has 0 saturated carbocycles. The Morgan fingerprint density at radius 1 is 0.969 bits per heavy atom. The van der Waals surface area contributed by atoms with E-state index in [9.17, 15) is 4.79 Å². The van der Waals surface area contributed by atoms with Crippen LogP contribution >= 0.6 is 11.3 Å². The SMILES string of the molecule is COc1ccc(-c2cc(COC(=O)c3ccc(-c4ccc5c(c4)OCCO5)s3)on2)cc1. The summed E-state index contributed by atoms with van der Waals surface area (Å²) in [6, 6.07) is 18.6. The summed E-state index contributed by atoms with van der Waals surface area (Å²) in [5, 5.41) is 4.04. The molecule has 0 spiro atoms. The van der Waals surface area contributed by atoms with Gasteiger partial charge in [0.25, 0.3) is 0 Å². The molecule has 0 atom stereocenters. The molecule has 4 aromatic rings. The second kappa shape index (κ2) is 8.76. The van der Waals surface area contributed by atoms with E-state index in [1.54, 1.807) is 19.2 Å². The molecule has 2 aromatic carbocycles.